The Hall–Kier alpha value is -1.96. The highest BCUT2D eigenvalue weighted by atomic mass is 79.9. The van der Waals surface area contributed by atoms with Gasteiger partial charge < -0.3 is 16.2 Å². The van der Waals surface area contributed by atoms with E-state index in [1.807, 2.05) is 12.1 Å². The van der Waals surface area contributed by atoms with Gasteiger partial charge in [0.2, 0.25) is 0 Å². The fraction of sp³-hybridized carbons (Fsp3) is 0.316. The van der Waals surface area contributed by atoms with Gasteiger partial charge in [0.25, 0.3) is 5.91 Å². The third kappa shape index (κ3) is 4.41. The third-order valence-corrected chi connectivity index (χ3v) is 4.97. The largest absolute Gasteiger partial charge is 0.390 e. The van der Waals surface area contributed by atoms with Crippen LogP contribution in [0.15, 0.2) is 40.9 Å². The van der Waals surface area contributed by atoms with Crippen LogP contribution in [0.4, 0.5) is 10.1 Å². The number of nitrogens with zero attached hydrogens (tertiary/aromatic N) is 1. The Labute approximate surface area is 160 Å². The fourth-order valence-corrected chi connectivity index (χ4v) is 3.69. The predicted octanol–water partition coefficient (Wildman–Crippen LogP) is 2.52. The first-order valence-electron chi connectivity index (χ1n) is 8.44. The van der Waals surface area contributed by atoms with Crippen LogP contribution in [0, 0.1) is 5.82 Å². The lowest BCUT2D eigenvalue weighted by Crippen LogP contribution is -2.39. The lowest BCUT2D eigenvalue weighted by atomic mass is 10.00. The molecule has 1 aliphatic heterocycles. The molecule has 0 saturated carbocycles. The number of rotatable bonds is 6. The Morgan fingerprint density at radius 3 is 2.81 bits per heavy atom. The zero-order valence-corrected chi connectivity index (χ0v) is 15.8. The molecular formula is C19H21BrFN3O2. The predicted molar refractivity (Wildman–Crippen MR) is 103 cm³/mol. The standard InChI is InChI=1S/C19H21BrFN3O2/c20-14-7-16(21)18(19(22)26)17(8-14)23-9-15(25)11-24-6-5-12-3-1-2-4-13(12)10-24/h1-4,7-8,15,23,25H,5-6,9-11H2,(H2,22,26). The SMILES string of the molecule is NC(=O)c1c(F)cc(Br)cc1NCC(O)CN1CCc2ccccc2C1. The average molecular weight is 422 g/mol. The first-order chi connectivity index (χ1) is 12.4. The number of fused-ring (bicyclic) bond motifs is 1. The Balaban J connectivity index is 1.60. The number of amides is 1. The van der Waals surface area contributed by atoms with Crippen LogP contribution in [-0.4, -0.2) is 41.7 Å². The minimum Gasteiger partial charge on any atom is -0.390 e. The molecule has 2 aromatic carbocycles. The second-order valence-electron chi connectivity index (χ2n) is 6.46. The number of hydrogen-bond donors (Lipinski definition) is 3. The zero-order chi connectivity index (χ0) is 18.7. The molecule has 7 heteroatoms. The number of nitrogens with two attached hydrogens (primary N) is 1. The number of halogens is 2. The summed E-state index contributed by atoms with van der Waals surface area (Å²) >= 11 is 3.20. The molecule has 1 amide bonds. The topological polar surface area (TPSA) is 78.6 Å². The van der Waals surface area contributed by atoms with E-state index in [4.69, 9.17) is 5.73 Å². The number of hydrogen-bond acceptors (Lipinski definition) is 4. The molecule has 1 aliphatic rings. The van der Waals surface area contributed by atoms with Gasteiger partial charge >= 0.3 is 0 Å². The summed E-state index contributed by atoms with van der Waals surface area (Å²) in [6.45, 7) is 2.36. The molecule has 1 heterocycles. The van der Waals surface area contributed by atoms with E-state index in [0.717, 1.165) is 19.5 Å². The normalized spacial score (nSPS) is 15.3. The van der Waals surface area contributed by atoms with E-state index in [0.29, 0.717) is 11.0 Å². The molecule has 2 aromatic rings. The van der Waals surface area contributed by atoms with E-state index in [2.05, 4.69) is 38.3 Å². The number of nitrogens with one attached hydrogen (secondary N) is 1. The molecule has 3 rings (SSSR count). The van der Waals surface area contributed by atoms with Gasteiger partial charge in [0.1, 0.15) is 5.82 Å². The molecule has 0 bridgehead atoms. The maximum absolute atomic E-state index is 14.0. The molecule has 26 heavy (non-hydrogen) atoms. The highest BCUT2D eigenvalue weighted by molar-refractivity contribution is 9.10. The monoisotopic (exact) mass is 421 g/mol. The van der Waals surface area contributed by atoms with Gasteiger partial charge in [-0.3, -0.25) is 9.69 Å². The van der Waals surface area contributed by atoms with Crippen molar-refractivity contribution in [2.45, 2.75) is 19.1 Å². The lowest BCUT2D eigenvalue weighted by Gasteiger charge is -2.30. The molecule has 0 saturated heterocycles. The van der Waals surface area contributed by atoms with E-state index in [1.54, 1.807) is 6.07 Å². The third-order valence-electron chi connectivity index (χ3n) is 4.51. The summed E-state index contributed by atoms with van der Waals surface area (Å²) in [6, 6.07) is 11.1. The van der Waals surface area contributed by atoms with Gasteiger partial charge in [-0.15, -0.1) is 0 Å². The summed E-state index contributed by atoms with van der Waals surface area (Å²) in [5.74, 6) is -1.55. The van der Waals surface area contributed by atoms with Crippen LogP contribution in [0.2, 0.25) is 0 Å². The van der Waals surface area contributed by atoms with Crippen molar-refractivity contribution in [3.05, 3.63) is 63.4 Å². The molecular weight excluding hydrogens is 401 g/mol. The van der Waals surface area contributed by atoms with Crippen LogP contribution in [0.25, 0.3) is 0 Å². The van der Waals surface area contributed by atoms with Crippen molar-refractivity contribution in [1.29, 1.82) is 0 Å². The summed E-state index contributed by atoms with van der Waals surface area (Å²) in [5, 5.41) is 13.3. The Morgan fingerprint density at radius 2 is 2.08 bits per heavy atom. The van der Waals surface area contributed by atoms with E-state index in [9.17, 15) is 14.3 Å². The molecule has 1 atom stereocenters. The smallest absolute Gasteiger partial charge is 0.253 e. The van der Waals surface area contributed by atoms with Gasteiger partial charge in [-0.05, 0) is 29.7 Å². The number of anilines is 1. The number of carbonyl (C=O) groups is 1. The van der Waals surface area contributed by atoms with Crippen molar-refractivity contribution in [2.75, 3.05) is 25.0 Å². The number of aliphatic hydroxyl groups is 1. The molecule has 0 aliphatic carbocycles. The number of aliphatic hydroxyl groups excluding tert-OH is 1. The number of primary amides is 1. The molecule has 5 nitrogen and oxygen atoms in total. The summed E-state index contributed by atoms with van der Waals surface area (Å²) in [4.78, 5) is 13.7. The molecule has 0 fully saturated rings. The van der Waals surface area contributed by atoms with Crippen molar-refractivity contribution < 1.29 is 14.3 Å². The summed E-state index contributed by atoms with van der Waals surface area (Å²) < 4.78 is 14.4. The van der Waals surface area contributed by atoms with Crippen molar-refractivity contribution in [3.63, 3.8) is 0 Å². The number of carbonyl (C=O) groups excluding carboxylic acids is 1. The van der Waals surface area contributed by atoms with Crippen LogP contribution in [-0.2, 0) is 13.0 Å². The van der Waals surface area contributed by atoms with Crippen molar-refractivity contribution in [2.24, 2.45) is 5.73 Å². The highest BCUT2D eigenvalue weighted by Crippen LogP contribution is 2.25. The molecule has 1 unspecified atom stereocenters. The Morgan fingerprint density at radius 1 is 1.35 bits per heavy atom. The molecule has 4 N–H and O–H groups in total. The summed E-state index contributed by atoms with van der Waals surface area (Å²) in [6.07, 6.45) is 0.293. The maximum atomic E-state index is 14.0. The minimum absolute atomic E-state index is 0.189. The van der Waals surface area contributed by atoms with Crippen molar-refractivity contribution >= 4 is 27.5 Å². The Kier molecular flexibility index (Phi) is 5.90. The fourth-order valence-electron chi connectivity index (χ4n) is 3.26. The maximum Gasteiger partial charge on any atom is 0.253 e. The molecule has 0 radical (unpaired) electrons. The quantitative estimate of drug-likeness (QED) is 0.669. The second-order valence-corrected chi connectivity index (χ2v) is 7.38. The molecule has 0 aromatic heterocycles. The van der Waals surface area contributed by atoms with Gasteiger partial charge in [-0.2, -0.15) is 0 Å². The first kappa shape index (κ1) is 18.8. The first-order valence-corrected chi connectivity index (χ1v) is 9.23. The Bertz CT molecular complexity index is 815. The van der Waals surface area contributed by atoms with Crippen LogP contribution >= 0.6 is 15.9 Å². The van der Waals surface area contributed by atoms with Crippen LogP contribution in [0.5, 0.6) is 0 Å². The van der Waals surface area contributed by atoms with Gasteiger partial charge in [-0.1, -0.05) is 40.2 Å². The van der Waals surface area contributed by atoms with Crippen molar-refractivity contribution in [3.8, 4) is 0 Å². The summed E-state index contributed by atoms with van der Waals surface area (Å²) in [5.41, 5.74) is 7.97. The average Bonchev–Trinajstić information content (AvgIpc) is 2.59. The van der Waals surface area contributed by atoms with E-state index in [-0.39, 0.29) is 17.8 Å². The van der Waals surface area contributed by atoms with Gasteiger partial charge in [0.15, 0.2) is 0 Å². The second kappa shape index (κ2) is 8.16. The number of benzene rings is 2. The van der Waals surface area contributed by atoms with Gasteiger partial charge in [0.05, 0.1) is 17.4 Å². The lowest BCUT2D eigenvalue weighted by molar-refractivity contribution is 0.0996. The van der Waals surface area contributed by atoms with Gasteiger partial charge in [0, 0.05) is 30.7 Å². The zero-order valence-electron chi connectivity index (χ0n) is 14.2. The van der Waals surface area contributed by atoms with Crippen molar-refractivity contribution in [1.82, 2.24) is 4.90 Å². The van der Waals surface area contributed by atoms with Crippen LogP contribution in [0.1, 0.15) is 21.5 Å². The number of β-amino-alcohol motifs (C(OH)–C–C–N with tert-alkyl or cyclic N) is 1. The van der Waals surface area contributed by atoms with E-state index < -0.39 is 17.8 Å². The van der Waals surface area contributed by atoms with Crippen LogP contribution in [0.3, 0.4) is 0 Å². The van der Waals surface area contributed by atoms with E-state index in [1.165, 1.54) is 17.2 Å². The minimum atomic E-state index is -0.848. The highest BCUT2D eigenvalue weighted by Gasteiger charge is 2.20. The molecule has 0 spiro atoms. The van der Waals surface area contributed by atoms with Gasteiger partial charge in [-0.25, -0.2) is 4.39 Å². The van der Waals surface area contributed by atoms with Crippen LogP contribution < -0.4 is 11.1 Å². The summed E-state index contributed by atoms with van der Waals surface area (Å²) in [7, 11) is 0. The molecule has 138 valence electrons. The van der Waals surface area contributed by atoms with E-state index >= 15 is 0 Å².